The van der Waals surface area contributed by atoms with Gasteiger partial charge in [0.2, 0.25) is 0 Å². The first-order valence-electron chi connectivity index (χ1n) is 7.61. The second-order valence-electron chi connectivity index (χ2n) is 5.17. The van der Waals surface area contributed by atoms with Gasteiger partial charge in [-0.3, -0.25) is 4.68 Å². The maximum atomic E-state index is 12.0. The van der Waals surface area contributed by atoms with Gasteiger partial charge in [-0.05, 0) is 35.7 Å². The number of benzene rings is 1. The van der Waals surface area contributed by atoms with Crippen LogP contribution in [0.15, 0.2) is 48.0 Å². The summed E-state index contributed by atoms with van der Waals surface area (Å²) < 4.78 is 7.00. The van der Waals surface area contributed by atoms with Crippen molar-refractivity contribution in [1.82, 2.24) is 15.1 Å². The second kappa shape index (κ2) is 8.04. The molecule has 0 aliphatic rings. The molecular formula is C17H17ClN4O2S. The van der Waals surface area contributed by atoms with E-state index in [-0.39, 0.29) is 6.03 Å². The number of hydrogen-bond donors (Lipinski definition) is 2. The highest BCUT2D eigenvalue weighted by Crippen LogP contribution is 2.27. The molecule has 3 aromatic rings. The number of thiophene rings is 1. The molecule has 0 bridgehead atoms. The van der Waals surface area contributed by atoms with Gasteiger partial charge in [0.25, 0.3) is 0 Å². The maximum absolute atomic E-state index is 12.0. The van der Waals surface area contributed by atoms with Crippen molar-refractivity contribution in [3.05, 3.63) is 53.0 Å². The Balaban J connectivity index is 1.51. The molecule has 0 aliphatic heterocycles. The third-order valence-electron chi connectivity index (χ3n) is 3.45. The fourth-order valence-corrected chi connectivity index (χ4v) is 3.13. The van der Waals surface area contributed by atoms with E-state index < -0.39 is 0 Å². The number of amides is 2. The van der Waals surface area contributed by atoms with E-state index >= 15 is 0 Å². The number of hydrogen-bond acceptors (Lipinski definition) is 4. The average molecular weight is 377 g/mol. The lowest BCUT2D eigenvalue weighted by atomic mass is 10.3. The van der Waals surface area contributed by atoms with E-state index in [9.17, 15) is 4.79 Å². The van der Waals surface area contributed by atoms with Crippen molar-refractivity contribution in [3.8, 4) is 16.3 Å². The molecule has 2 aromatic heterocycles. The molecule has 0 unspecified atom stereocenters. The Bertz CT molecular complexity index is 848. The summed E-state index contributed by atoms with van der Waals surface area (Å²) in [5.74, 6) is 0.548. The molecule has 0 aliphatic carbocycles. The molecule has 1 aromatic carbocycles. The zero-order valence-electron chi connectivity index (χ0n) is 13.5. The van der Waals surface area contributed by atoms with Crippen LogP contribution in [0.2, 0.25) is 5.02 Å². The van der Waals surface area contributed by atoms with Crippen LogP contribution in [-0.2, 0) is 6.54 Å². The van der Waals surface area contributed by atoms with E-state index in [4.69, 9.17) is 16.3 Å². The number of carbonyl (C=O) groups is 1. The summed E-state index contributed by atoms with van der Waals surface area (Å²) in [6.07, 6.45) is 1.90. The summed E-state index contributed by atoms with van der Waals surface area (Å²) in [6, 6.07) is 10.7. The second-order valence-corrected chi connectivity index (χ2v) is 6.55. The summed E-state index contributed by atoms with van der Waals surface area (Å²) in [5.41, 5.74) is 1.45. The lowest BCUT2D eigenvalue weighted by Gasteiger charge is -2.11. The summed E-state index contributed by atoms with van der Waals surface area (Å²) >= 11 is 7.59. The van der Waals surface area contributed by atoms with Crippen LogP contribution in [0.1, 0.15) is 0 Å². The van der Waals surface area contributed by atoms with Crippen LogP contribution in [0.3, 0.4) is 0 Å². The molecule has 0 atom stereocenters. The Morgan fingerprint density at radius 1 is 1.36 bits per heavy atom. The average Bonchev–Trinajstić information content (AvgIpc) is 3.26. The molecule has 0 spiro atoms. The molecule has 25 heavy (non-hydrogen) atoms. The minimum Gasteiger partial charge on any atom is -0.495 e. The summed E-state index contributed by atoms with van der Waals surface area (Å²) in [7, 11) is 1.54. The van der Waals surface area contributed by atoms with Crippen molar-refractivity contribution in [3.63, 3.8) is 0 Å². The lowest BCUT2D eigenvalue weighted by molar-refractivity contribution is 0.251. The molecule has 130 valence electrons. The van der Waals surface area contributed by atoms with Crippen molar-refractivity contribution in [1.29, 1.82) is 0 Å². The van der Waals surface area contributed by atoms with Crippen molar-refractivity contribution >= 4 is 34.7 Å². The number of rotatable bonds is 6. The molecule has 2 heterocycles. The van der Waals surface area contributed by atoms with Crippen molar-refractivity contribution < 1.29 is 9.53 Å². The molecule has 0 saturated heterocycles. The summed E-state index contributed by atoms with van der Waals surface area (Å²) in [6.45, 7) is 1.02. The fourth-order valence-electron chi connectivity index (χ4n) is 2.27. The van der Waals surface area contributed by atoms with Crippen LogP contribution in [0.5, 0.6) is 5.75 Å². The minimum absolute atomic E-state index is 0.328. The Kier molecular flexibility index (Phi) is 5.57. The number of aromatic nitrogens is 2. The summed E-state index contributed by atoms with van der Waals surface area (Å²) in [4.78, 5) is 13.1. The zero-order valence-corrected chi connectivity index (χ0v) is 15.1. The first-order valence-corrected chi connectivity index (χ1v) is 8.87. The van der Waals surface area contributed by atoms with Crippen LogP contribution in [-0.4, -0.2) is 29.5 Å². The number of ether oxygens (including phenoxy) is 1. The largest absolute Gasteiger partial charge is 0.495 e. The Labute approximate surface area is 154 Å². The highest BCUT2D eigenvalue weighted by atomic mass is 35.5. The fraction of sp³-hybridized carbons (Fsp3) is 0.176. The molecule has 8 heteroatoms. The van der Waals surface area contributed by atoms with Gasteiger partial charge >= 0.3 is 6.03 Å². The van der Waals surface area contributed by atoms with Crippen molar-refractivity contribution in [2.75, 3.05) is 19.0 Å². The van der Waals surface area contributed by atoms with Gasteiger partial charge in [0.15, 0.2) is 0 Å². The minimum atomic E-state index is -0.328. The third kappa shape index (κ3) is 4.52. The molecule has 2 N–H and O–H groups in total. The van der Waals surface area contributed by atoms with Crippen molar-refractivity contribution in [2.45, 2.75) is 6.54 Å². The van der Waals surface area contributed by atoms with E-state index in [0.29, 0.717) is 29.5 Å². The van der Waals surface area contributed by atoms with Crippen LogP contribution >= 0.6 is 22.9 Å². The molecule has 6 nitrogen and oxygen atoms in total. The predicted molar refractivity (Wildman–Crippen MR) is 101 cm³/mol. The van der Waals surface area contributed by atoms with E-state index in [2.05, 4.69) is 15.7 Å². The SMILES string of the molecule is COc1ccc(Cl)cc1NC(=O)NCCn1ccc(-c2cccs2)n1. The standard InChI is InChI=1S/C17H17ClN4O2S/c1-24-15-5-4-12(18)11-14(15)20-17(23)19-7-9-22-8-6-13(21-22)16-3-2-10-25-16/h2-6,8,10-11H,7,9H2,1H3,(H2,19,20,23). The monoisotopic (exact) mass is 376 g/mol. The number of anilines is 1. The van der Waals surface area contributed by atoms with Gasteiger partial charge in [0.05, 0.1) is 24.2 Å². The molecule has 0 saturated carbocycles. The van der Waals surface area contributed by atoms with Crippen LogP contribution < -0.4 is 15.4 Å². The van der Waals surface area contributed by atoms with Gasteiger partial charge in [-0.2, -0.15) is 5.10 Å². The highest BCUT2D eigenvalue weighted by molar-refractivity contribution is 7.13. The van der Waals surface area contributed by atoms with Gasteiger partial charge < -0.3 is 15.4 Å². The van der Waals surface area contributed by atoms with Crippen molar-refractivity contribution in [2.24, 2.45) is 0 Å². The molecule has 2 amide bonds. The highest BCUT2D eigenvalue weighted by Gasteiger charge is 2.08. The number of nitrogens with zero attached hydrogens (tertiary/aromatic N) is 2. The topological polar surface area (TPSA) is 68.2 Å². The quantitative estimate of drug-likeness (QED) is 0.680. The van der Waals surface area contributed by atoms with Gasteiger partial charge in [-0.15, -0.1) is 11.3 Å². The van der Waals surface area contributed by atoms with Gasteiger partial charge in [0, 0.05) is 17.8 Å². The number of carbonyl (C=O) groups excluding carboxylic acids is 1. The Morgan fingerprint density at radius 3 is 3.00 bits per heavy atom. The first kappa shape index (κ1) is 17.3. The Morgan fingerprint density at radius 2 is 2.24 bits per heavy atom. The zero-order chi connectivity index (χ0) is 17.6. The smallest absolute Gasteiger partial charge is 0.319 e. The first-order chi connectivity index (χ1) is 12.2. The molecule has 3 rings (SSSR count). The Hall–Kier alpha value is -2.51. The number of methoxy groups -OCH3 is 1. The number of nitrogens with one attached hydrogen (secondary N) is 2. The number of halogens is 1. The van der Waals surface area contributed by atoms with Crippen LogP contribution in [0, 0.1) is 0 Å². The van der Waals surface area contributed by atoms with E-state index in [1.54, 1.807) is 34.2 Å². The lowest BCUT2D eigenvalue weighted by Crippen LogP contribution is -2.31. The van der Waals surface area contributed by atoms with Gasteiger partial charge in [-0.1, -0.05) is 17.7 Å². The predicted octanol–water partition coefficient (Wildman–Crippen LogP) is 4.10. The summed E-state index contributed by atoms with van der Waals surface area (Å²) in [5, 5.41) is 12.5. The van der Waals surface area contributed by atoms with Crippen LogP contribution in [0.25, 0.3) is 10.6 Å². The molecule has 0 fully saturated rings. The van der Waals surface area contributed by atoms with Crippen LogP contribution in [0.4, 0.5) is 10.5 Å². The maximum Gasteiger partial charge on any atom is 0.319 e. The molecular weight excluding hydrogens is 360 g/mol. The van der Waals surface area contributed by atoms with E-state index in [1.165, 1.54) is 7.11 Å². The third-order valence-corrected chi connectivity index (χ3v) is 4.58. The van der Waals surface area contributed by atoms with E-state index in [1.807, 2.05) is 29.8 Å². The normalized spacial score (nSPS) is 10.5. The number of urea groups is 1. The molecule has 0 radical (unpaired) electrons. The van der Waals surface area contributed by atoms with Gasteiger partial charge in [-0.25, -0.2) is 4.79 Å². The van der Waals surface area contributed by atoms with Gasteiger partial charge in [0.1, 0.15) is 11.4 Å². The van der Waals surface area contributed by atoms with E-state index in [0.717, 1.165) is 10.6 Å².